The largest absolute Gasteiger partial charge is 0.480 e. The smallest absolute Gasteiger partial charge is 0.326 e. The highest BCUT2D eigenvalue weighted by molar-refractivity contribution is 5.87. The predicted octanol–water partition coefficient (Wildman–Crippen LogP) is 1.71. The minimum Gasteiger partial charge on any atom is -0.480 e. The second-order valence-corrected chi connectivity index (χ2v) is 5.07. The molecule has 1 atom stereocenters. The fourth-order valence-corrected chi connectivity index (χ4v) is 2.27. The summed E-state index contributed by atoms with van der Waals surface area (Å²) in [5.41, 5.74) is 1.80. The Labute approximate surface area is 128 Å². The SMILES string of the molecule is CCCOCC(=O)NC(Cc1c[nH]c2ccccc12)C(=O)O. The molecule has 6 nitrogen and oxygen atoms in total. The lowest BCUT2D eigenvalue weighted by Gasteiger charge is -2.14. The number of para-hydroxylation sites is 1. The number of carbonyl (C=O) groups is 2. The van der Waals surface area contributed by atoms with Gasteiger partial charge < -0.3 is 20.1 Å². The molecule has 0 bridgehead atoms. The van der Waals surface area contributed by atoms with Crippen LogP contribution in [-0.4, -0.2) is 41.2 Å². The number of hydrogen-bond acceptors (Lipinski definition) is 3. The molecular weight excluding hydrogens is 284 g/mol. The van der Waals surface area contributed by atoms with Gasteiger partial charge in [-0.2, -0.15) is 0 Å². The number of benzene rings is 1. The third-order valence-corrected chi connectivity index (χ3v) is 3.31. The molecule has 0 aliphatic heterocycles. The monoisotopic (exact) mass is 304 g/mol. The minimum absolute atomic E-state index is 0.120. The Morgan fingerprint density at radius 2 is 2.14 bits per heavy atom. The van der Waals surface area contributed by atoms with Crippen LogP contribution in [0.15, 0.2) is 30.5 Å². The standard InChI is InChI=1S/C16H20N2O4/c1-2-7-22-10-15(19)18-14(16(20)21)8-11-9-17-13-6-4-3-5-12(11)13/h3-6,9,14,17H,2,7-8,10H2,1H3,(H,18,19)(H,20,21). The first-order valence-corrected chi connectivity index (χ1v) is 7.26. The van der Waals surface area contributed by atoms with Gasteiger partial charge in [0.25, 0.3) is 0 Å². The van der Waals surface area contributed by atoms with Crippen LogP contribution >= 0.6 is 0 Å². The Morgan fingerprint density at radius 3 is 2.86 bits per heavy atom. The minimum atomic E-state index is -1.06. The molecular formula is C16H20N2O4. The van der Waals surface area contributed by atoms with E-state index in [0.29, 0.717) is 6.61 Å². The van der Waals surface area contributed by atoms with Crippen LogP contribution in [0.3, 0.4) is 0 Å². The molecule has 0 fully saturated rings. The molecule has 2 aromatic rings. The van der Waals surface area contributed by atoms with E-state index in [1.54, 1.807) is 6.20 Å². The molecule has 22 heavy (non-hydrogen) atoms. The van der Waals surface area contributed by atoms with Crippen LogP contribution in [0.1, 0.15) is 18.9 Å². The third kappa shape index (κ3) is 4.08. The first kappa shape index (κ1) is 16.0. The molecule has 1 unspecified atom stereocenters. The van der Waals surface area contributed by atoms with Crippen LogP contribution in [-0.2, 0) is 20.7 Å². The quantitative estimate of drug-likeness (QED) is 0.647. The third-order valence-electron chi connectivity index (χ3n) is 3.31. The topological polar surface area (TPSA) is 91.4 Å². The number of aromatic amines is 1. The number of ether oxygens (including phenoxy) is 1. The first-order valence-electron chi connectivity index (χ1n) is 7.26. The first-order chi connectivity index (χ1) is 10.6. The van der Waals surface area contributed by atoms with Crippen molar-refractivity contribution < 1.29 is 19.4 Å². The van der Waals surface area contributed by atoms with E-state index in [2.05, 4.69) is 10.3 Å². The van der Waals surface area contributed by atoms with Gasteiger partial charge in [-0.05, 0) is 18.1 Å². The average molecular weight is 304 g/mol. The molecule has 118 valence electrons. The summed E-state index contributed by atoms with van der Waals surface area (Å²) >= 11 is 0. The van der Waals surface area contributed by atoms with Crippen LogP contribution in [0.25, 0.3) is 10.9 Å². The van der Waals surface area contributed by atoms with Gasteiger partial charge in [0.1, 0.15) is 12.6 Å². The fourth-order valence-electron chi connectivity index (χ4n) is 2.27. The summed E-state index contributed by atoms with van der Waals surface area (Å²) < 4.78 is 5.12. The van der Waals surface area contributed by atoms with Gasteiger partial charge in [0.15, 0.2) is 0 Å². The molecule has 3 N–H and O–H groups in total. The second kappa shape index (κ2) is 7.61. The molecule has 0 spiro atoms. The zero-order chi connectivity index (χ0) is 15.9. The average Bonchev–Trinajstić information content (AvgIpc) is 2.90. The van der Waals surface area contributed by atoms with E-state index in [-0.39, 0.29) is 13.0 Å². The number of carboxylic acids is 1. The summed E-state index contributed by atoms with van der Waals surface area (Å²) in [4.78, 5) is 26.2. The number of nitrogens with one attached hydrogen (secondary N) is 2. The maximum atomic E-state index is 11.7. The van der Waals surface area contributed by atoms with Crippen LogP contribution in [0, 0.1) is 0 Å². The van der Waals surface area contributed by atoms with Gasteiger partial charge in [0, 0.05) is 30.1 Å². The van der Waals surface area contributed by atoms with Crippen molar-refractivity contribution in [3.63, 3.8) is 0 Å². The van der Waals surface area contributed by atoms with Gasteiger partial charge in [-0.25, -0.2) is 4.79 Å². The lowest BCUT2D eigenvalue weighted by Crippen LogP contribution is -2.43. The molecule has 0 saturated carbocycles. The molecule has 0 saturated heterocycles. The zero-order valence-electron chi connectivity index (χ0n) is 12.5. The number of aliphatic carboxylic acids is 1. The Kier molecular flexibility index (Phi) is 5.55. The molecule has 6 heteroatoms. The Balaban J connectivity index is 2.03. The normalized spacial score (nSPS) is 12.2. The molecule has 0 aliphatic rings. The number of fused-ring (bicyclic) bond motifs is 1. The van der Waals surface area contributed by atoms with E-state index in [4.69, 9.17) is 4.74 Å². The van der Waals surface area contributed by atoms with Gasteiger partial charge in [-0.1, -0.05) is 25.1 Å². The number of aromatic nitrogens is 1. The number of carboxylic acid groups (broad SMARTS) is 1. The highest BCUT2D eigenvalue weighted by Crippen LogP contribution is 2.19. The van der Waals surface area contributed by atoms with Crippen molar-refractivity contribution in [2.45, 2.75) is 25.8 Å². The number of rotatable bonds is 8. The van der Waals surface area contributed by atoms with Gasteiger partial charge >= 0.3 is 5.97 Å². The van der Waals surface area contributed by atoms with E-state index in [9.17, 15) is 14.7 Å². The lowest BCUT2D eigenvalue weighted by molar-refractivity contribution is -0.142. The Bertz CT molecular complexity index is 650. The van der Waals surface area contributed by atoms with Crippen LogP contribution in [0.2, 0.25) is 0 Å². The molecule has 2 rings (SSSR count). The van der Waals surface area contributed by atoms with Crippen molar-refractivity contribution in [3.8, 4) is 0 Å². The summed E-state index contributed by atoms with van der Waals surface area (Å²) in [7, 11) is 0. The van der Waals surface area contributed by atoms with E-state index in [1.165, 1.54) is 0 Å². The fraction of sp³-hybridized carbons (Fsp3) is 0.375. The number of amides is 1. The molecule has 0 radical (unpaired) electrons. The summed E-state index contributed by atoms with van der Waals surface area (Å²) in [6, 6.07) is 6.67. The molecule has 0 aliphatic carbocycles. The Hall–Kier alpha value is -2.34. The van der Waals surface area contributed by atoms with E-state index < -0.39 is 17.9 Å². The zero-order valence-corrected chi connectivity index (χ0v) is 12.5. The van der Waals surface area contributed by atoms with E-state index in [1.807, 2.05) is 31.2 Å². The van der Waals surface area contributed by atoms with Crippen molar-refractivity contribution in [3.05, 3.63) is 36.0 Å². The molecule has 1 heterocycles. The van der Waals surface area contributed by atoms with E-state index in [0.717, 1.165) is 22.9 Å². The number of H-pyrrole nitrogens is 1. The lowest BCUT2D eigenvalue weighted by atomic mass is 10.1. The second-order valence-electron chi connectivity index (χ2n) is 5.07. The summed E-state index contributed by atoms with van der Waals surface area (Å²) in [5.74, 6) is -1.48. The van der Waals surface area contributed by atoms with E-state index >= 15 is 0 Å². The number of carbonyl (C=O) groups excluding carboxylic acids is 1. The Morgan fingerprint density at radius 1 is 1.36 bits per heavy atom. The highest BCUT2D eigenvalue weighted by Gasteiger charge is 2.21. The summed E-state index contributed by atoms with van der Waals surface area (Å²) in [6.45, 7) is 2.30. The maximum Gasteiger partial charge on any atom is 0.326 e. The van der Waals surface area contributed by atoms with Crippen LogP contribution in [0.5, 0.6) is 0 Å². The van der Waals surface area contributed by atoms with Crippen LogP contribution < -0.4 is 5.32 Å². The molecule has 1 aromatic carbocycles. The van der Waals surface area contributed by atoms with Crippen molar-refractivity contribution in [2.75, 3.05) is 13.2 Å². The highest BCUT2D eigenvalue weighted by atomic mass is 16.5. The van der Waals surface area contributed by atoms with Gasteiger partial charge in [-0.15, -0.1) is 0 Å². The van der Waals surface area contributed by atoms with Gasteiger partial charge in [0.2, 0.25) is 5.91 Å². The van der Waals surface area contributed by atoms with Crippen molar-refractivity contribution in [1.82, 2.24) is 10.3 Å². The van der Waals surface area contributed by atoms with Gasteiger partial charge in [0.05, 0.1) is 0 Å². The van der Waals surface area contributed by atoms with Crippen LogP contribution in [0.4, 0.5) is 0 Å². The van der Waals surface area contributed by atoms with Gasteiger partial charge in [-0.3, -0.25) is 4.79 Å². The summed E-state index contributed by atoms with van der Waals surface area (Å²) in [6.07, 6.45) is 2.81. The van der Waals surface area contributed by atoms with Crippen molar-refractivity contribution in [1.29, 1.82) is 0 Å². The number of hydrogen-bond donors (Lipinski definition) is 3. The van der Waals surface area contributed by atoms with Crippen molar-refractivity contribution >= 4 is 22.8 Å². The van der Waals surface area contributed by atoms with Crippen molar-refractivity contribution in [2.24, 2.45) is 0 Å². The molecule has 1 aromatic heterocycles. The molecule has 1 amide bonds. The predicted molar refractivity (Wildman–Crippen MR) is 82.7 cm³/mol. The maximum absolute atomic E-state index is 11.7. The summed E-state index contributed by atoms with van der Waals surface area (Å²) in [5, 5.41) is 12.8.